The minimum Gasteiger partial charge on any atom is -0.481 e. The standard InChI is InChI=1S/C12H16N2O4/c15-11(16)9-4-1-5-10(9)14-12(17)13-7-8-3-2-6-18-8/h2-3,6,9-10H,1,4-5,7H2,(H,15,16)(H2,13,14,17). The van der Waals surface area contributed by atoms with Gasteiger partial charge in [0.25, 0.3) is 0 Å². The Kier molecular flexibility index (Phi) is 3.86. The van der Waals surface area contributed by atoms with Gasteiger partial charge in [-0.2, -0.15) is 0 Å². The lowest BCUT2D eigenvalue weighted by Gasteiger charge is -2.17. The molecule has 0 aromatic carbocycles. The third-order valence-electron chi connectivity index (χ3n) is 3.15. The second-order valence-electron chi connectivity index (χ2n) is 4.39. The summed E-state index contributed by atoms with van der Waals surface area (Å²) in [5.74, 6) is -0.658. The molecule has 1 aliphatic rings. The molecular weight excluding hydrogens is 236 g/mol. The fourth-order valence-corrected chi connectivity index (χ4v) is 2.23. The van der Waals surface area contributed by atoms with E-state index < -0.39 is 11.9 Å². The number of carboxylic acids is 1. The van der Waals surface area contributed by atoms with Crippen LogP contribution in [0.4, 0.5) is 4.79 Å². The predicted molar refractivity (Wildman–Crippen MR) is 62.8 cm³/mol. The minimum absolute atomic E-state index is 0.279. The molecule has 98 valence electrons. The molecule has 0 saturated heterocycles. The zero-order chi connectivity index (χ0) is 13.0. The molecule has 2 unspecified atom stereocenters. The molecule has 1 aromatic heterocycles. The molecule has 1 saturated carbocycles. The maximum atomic E-state index is 11.6. The quantitative estimate of drug-likeness (QED) is 0.753. The summed E-state index contributed by atoms with van der Waals surface area (Å²) < 4.78 is 5.08. The van der Waals surface area contributed by atoms with Crippen LogP contribution in [0.2, 0.25) is 0 Å². The van der Waals surface area contributed by atoms with Gasteiger partial charge in [-0.1, -0.05) is 6.42 Å². The number of hydrogen-bond donors (Lipinski definition) is 3. The van der Waals surface area contributed by atoms with Crippen molar-refractivity contribution in [2.45, 2.75) is 31.8 Å². The number of aliphatic carboxylic acids is 1. The molecule has 2 atom stereocenters. The van der Waals surface area contributed by atoms with Gasteiger partial charge in [-0.3, -0.25) is 4.79 Å². The first kappa shape index (κ1) is 12.5. The van der Waals surface area contributed by atoms with E-state index in [1.807, 2.05) is 0 Å². The molecule has 0 bridgehead atoms. The van der Waals surface area contributed by atoms with Crippen molar-refractivity contribution in [1.29, 1.82) is 0 Å². The Balaban J connectivity index is 1.78. The summed E-state index contributed by atoms with van der Waals surface area (Å²) in [5, 5.41) is 14.3. The molecule has 6 heteroatoms. The lowest BCUT2D eigenvalue weighted by Crippen LogP contribution is -2.45. The molecular formula is C12H16N2O4. The third-order valence-corrected chi connectivity index (χ3v) is 3.15. The van der Waals surface area contributed by atoms with E-state index in [4.69, 9.17) is 9.52 Å². The molecule has 2 amide bonds. The van der Waals surface area contributed by atoms with E-state index in [1.54, 1.807) is 12.1 Å². The van der Waals surface area contributed by atoms with Crippen LogP contribution in [-0.2, 0) is 11.3 Å². The second-order valence-corrected chi connectivity index (χ2v) is 4.39. The summed E-state index contributed by atoms with van der Waals surface area (Å²) in [7, 11) is 0. The molecule has 3 N–H and O–H groups in total. The van der Waals surface area contributed by atoms with Gasteiger partial charge in [0, 0.05) is 6.04 Å². The number of nitrogens with one attached hydrogen (secondary N) is 2. The molecule has 1 fully saturated rings. The average Bonchev–Trinajstić information content (AvgIpc) is 2.96. The van der Waals surface area contributed by atoms with Crippen LogP contribution in [0.3, 0.4) is 0 Å². The molecule has 2 rings (SSSR count). The Hall–Kier alpha value is -1.98. The smallest absolute Gasteiger partial charge is 0.315 e. The van der Waals surface area contributed by atoms with Gasteiger partial charge in [0.2, 0.25) is 0 Å². The van der Waals surface area contributed by atoms with Crippen molar-refractivity contribution in [3.8, 4) is 0 Å². The number of carbonyl (C=O) groups excluding carboxylic acids is 1. The number of hydrogen-bond acceptors (Lipinski definition) is 3. The van der Waals surface area contributed by atoms with Crippen LogP contribution in [-0.4, -0.2) is 23.1 Å². The molecule has 0 aliphatic heterocycles. The largest absolute Gasteiger partial charge is 0.481 e. The van der Waals surface area contributed by atoms with Crippen molar-refractivity contribution in [3.63, 3.8) is 0 Å². The van der Waals surface area contributed by atoms with Gasteiger partial charge in [0.05, 0.1) is 18.7 Å². The molecule has 0 radical (unpaired) electrons. The van der Waals surface area contributed by atoms with Crippen LogP contribution in [0.5, 0.6) is 0 Å². The summed E-state index contributed by atoms with van der Waals surface area (Å²) in [4.78, 5) is 22.6. The number of furan rings is 1. The van der Waals surface area contributed by atoms with Gasteiger partial charge in [0.1, 0.15) is 5.76 Å². The van der Waals surface area contributed by atoms with E-state index in [0.717, 1.165) is 6.42 Å². The van der Waals surface area contributed by atoms with E-state index in [1.165, 1.54) is 6.26 Å². The predicted octanol–water partition coefficient (Wildman–Crippen LogP) is 1.33. The van der Waals surface area contributed by atoms with Crippen LogP contribution >= 0.6 is 0 Å². The van der Waals surface area contributed by atoms with Gasteiger partial charge < -0.3 is 20.2 Å². The van der Waals surface area contributed by atoms with Crippen LogP contribution < -0.4 is 10.6 Å². The van der Waals surface area contributed by atoms with Crippen molar-refractivity contribution >= 4 is 12.0 Å². The van der Waals surface area contributed by atoms with E-state index in [9.17, 15) is 9.59 Å². The fraction of sp³-hybridized carbons (Fsp3) is 0.500. The first-order chi connectivity index (χ1) is 8.66. The average molecular weight is 252 g/mol. The number of carbonyl (C=O) groups is 2. The molecule has 1 aliphatic carbocycles. The summed E-state index contributed by atoms with van der Waals surface area (Å²) >= 11 is 0. The van der Waals surface area contributed by atoms with Crippen molar-refractivity contribution in [2.75, 3.05) is 0 Å². The number of amides is 2. The number of rotatable bonds is 4. The van der Waals surface area contributed by atoms with E-state index in [0.29, 0.717) is 25.1 Å². The second kappa shape index (κ2) is 5.57. The fourth-order valence-electron chi connectivity index (χ4n) is 2.23. The van der Waals surface area contributed by atoms with Gasteiger partial charge in [0.15, 0.2) is 0 Å². The zero-order valence-corrected chi connectivity index (χ0v) is 9.89. The van der Waals surface area contributed by atoms with Crippen molar-refractivity contribution in [3.05, 3.63) is 24.2 Å². The Labute approximate surface area is 104 Å². The monoisotopic (exact) mass is 252 g/mol. The van der Waals surface area contributed by atoms with Crippen LogP contribution in [0.15, 0.2) is 22.8 Å². The van der Waals surface area contributed by atoms with E-state index in [-0.39, 0.29) is 12.1 Å². The van der Waals surface area contributed by atoms with Gasteiger partial charge >= 0.3 is 12.0 Å². The molecule has 1 aromatic rings. The lowest BCUT2D eigenvalue weighted by molar-refractivity contribution is -0.142. The highest BCUT2D eigenvalue weighted by Gasteiger charge is 2.33. The third kappa shape index (κ3) is 3.03. The van der Waals surface area contributed by atoms with Crippen molar-refractivity contribution in [1.82, 2.24) is 10.6 Å². The van der Waals surface area contributed by atoms with E-state index in [2.05, 4.69) is 10.6 Å². The lowest BCUT2D eigenvalue weighted by atomic mass is 10.0. The Morgan fingerprint density at radius 3 is 2.94 bits per heavy atom. The zero-order valence-electron chi connectivity index (χ0n) is 9.89. The summed E-state index contributed by atoms with van der Waals surface area (Å²) in [6.07, 6.45) is 3.70. The Morgan fingerprint density at radius 1 is 1.44 bits per heavy atom. The highest BCUT2D eigenvalue weighted by molar-refractivity contribution is 5.76. The molecule has 1 heterocycles. The first-order valence-electron chi connectivity index (χ1n) is 5.96. The van der Waals surface area contributed by atoms with Crippen LogP contribution in [0, 0.1) is 5.92 Å². The molecule has 18 heavy (non-hydrogen) atoms. The summed E-state index contributed by atoms with van der Waals surface area (Å²) in [5.41, 5.74) is 0. The highest BCUT2D eigenvalue weighted by Crippen LogP contribution is 2.25. The SMILES string of the molecule is O=C(NCc1ccco1)NC1CCCC1C(=O)O. The van der Waals surface area contributed by atoms with Gasteiger partial charge in [-0.15, -0.1) is 0 Å². The summed E-state index contributed by atoms with van der Waals surface area (Å²) in [6.45, 7) is 0.295. The Morgan fingerprint density at radius 2 is 2.28 bits per heavy atom. The van der Waals surface area contributed by atoms with Crippen LogP contribution in [0.25, 0.3) is 0 Å². The summed E-state index contributed by atoms with van der Waals surface area (Å²) in [6, 6.07) is 2.87. The molecule has 6 nitrogen and oxygen atoms in total. The van der Waals surface area contributed by atoms with Gasteiger partial charge in [-0.25, -0.2) is 4.79 Å². The highest BCUT2D eigenvalue weighted by atomic mass is 16.4. The molecule has 0 spiro atoms. The van der Waals surface area contributed by atoms with Crippen molar-refractivity contribution in [2.24, 2.45) is 5.92 Å². The number of urea groups is 1. The van der Waals surface area contributed by atoms with Crippen LogP contribution in [0.1, 0.15) is 25.0 Å². The maximum Gasteiger partial charge on any atom is 0.315 e. The number of carboxylic acid groups (broad SMARTS) is 1. The van der Waals surface area contributed by atoms with E-state index >= 15 is 0 Å². The Bertz CT molecular complexity index is 416. The van der Waals surface area contributed by atoms with Crippen molar-refractivity contribution < 1.29 is 19.1 Å². The normalized spacial score (nSPS) is 22.7. The topological polar surface area (TPSA) is 91.6 Å². The maximum absolute atomic E-state index is 11.6. The first-order valence-corrected chi connectivity index (χ1v) is 5.96. The van der Waals surface area contributed by atoms with Gasteiger partial charge in [-0.05, 0) is 25.0 Å². The minimum atomic E-state index is -0.844.